The van der Waals surface area contributed by atoms with Crippen molar-refractivity contribution in [1.82, 2.24) is 0 Å². The Kier molecular flexibility index (Phi) is 4.18. The van der Waals surface area contributed by atoms with Gasteiger partial charge in [-0.1, -0.05) is 0 Å². The molecule has 0 spiro atoms. The molecule has 0 unspecified atom stereocenters. The molecule has 4 nitrogen and oxygen atoms in total. The Morgan fingerprint density at radius 2 is 1.78 bits per heavy atom. The molecule has 0 heterocycles. The highest BCUT2D eigenvalue weighted by atomic mass is 19.4. The van der Waals surface area contributed by atoms with E-state index in [1.54, 1.807) is 0 Å². The third-order valence-corrected chi connectivity index (χ3v) is 2.31. The third-order valence-electron chi connectivity index (χ3n) is 2.31. The summed E-state index contributed by atoms with van der Waals surface area (Å²) >= 11 is 0. The van der Waals surface area contributed by atoms with Gasteiger partial charge in [0.25, 0.3) is 0 Å². The van der Waals surface area contributed by atoms with Gasteiger partial charge in [-0.3, -0.25) is 4.79 Å². The standard InChI is InChI=1S/C11H12F3NO3/c1-17-9-6(8(16)5-15)3-4-7(10(9)18-2)11(12,13)14/h3-4H,5,15H2,1-2H3. The van der Waals surface area contributed by atoms with E-state index in [1.807, 2.05) is 0 Å². The van der Waals surface area contributed by atoms with Crippen LogP contribution in [0.1, 0.15) is 15.9 Å². The number of alkyl halides is 3. The van der Waals surface area contributed by atoms with E-state index in [9.17, 15) is 18.0 Å². The average molecular weight is 263 g/mol. The molecular formula is C11H12F3NO3. The zero-order valence-corrected chi connectivity index (χ0v) is 9.80. The number of benzene rings is 1. The first-order valence-corrected chi connectivity index (χ1v) is 4.92. The Morgan fingerprint density at radius 3 is 2.17 bits per heavy atom. The number of Topliss-reactive ketones (excluding diaryl/α,β-unsaturated/α-hetero) is 1. The first-order valence-electron chi connectivity index (χ1n) is 4.92. The summed E-state index contributed by atoms with van der Waals surface area (Å²) in [5.74, 6) is -1.31. The first kappa shape index (κ1) is 14.3. The van der Waals surface area contributed by atoms with Crippen LogP contribution in [0.5, 0.6) is 11.5 Å². The van der Waals surface area contributed by atoms with Crippen LogP contribution in [-0.2, 0) is 6.18 Å². The minimum Gasteiger partial charge on any atom is -0.492 e. The summed E-state index contributed by atoms with van der Waals surface area (Å²) in [5.41, 5.74) is 4.13. The average Bonchev–Trinajstić information content (AvgIpc) is 2.34. The molecule has 1 aromatic carbocycles. The summed E-state index contributed by atoms with van der Waals surface area (Å²) in [6.45, 7) is -0.328. The summed E-state index contributed by atoms with van der Waals surface area (Å²) in [6.07, 6.45) is -4.59. The molecule has 0 radical (unpaired) electrons. The van der Waals surface area contributed by atoms with Gasteiger partial charge in [0.15, 0.2) is 17.3 Å². The molecule has 0 fully saturated rings. The van der Waals surface area contributed by atoms with Crippen LogP contribution in [0.4, 0.5) is 13.2 Å². The SMILES string of the molecule is COc1c(C(=O)CN)ccc(C(F)(F)F)c1OC. The Balaban J connectivity index is 3.51. The predicted octanol–water partition coefficient (Wildman–Crippen LogP) is 1.86. The maximum atomic E-state index is 12.7. The van der Waals surface area contributed by atoms with E-state index < -0.39 is 23.3 Å². The lowest BCUT2D eigenvalue weighted by molar-refractivity contribution is -0.138. The number of hydrogen-bond donors (Lipinski definition) is 1. The van der Waals surface area contributed by atoms with Gasteiger partial charge in [0, 0.05) is 0 Å². The minimum atomic E-state index is -4.59. The molecule has 0 atom stereocenters. The molecule has 7 heteroatoms. The first-order chi connectivity index (χ1) is 8.36. The second-order valence-electron chi connectivity index (χ2n) is 3.35. The van der Waals surface area contributed by atoms with Crippen molar-refractivity contribution in [3.8, 4) is 11.5 Å². The van der Waals surface area contributed by atoms with E-state index in [1.165, 1.54) is 0 Å². The monoisotopic (exact) mass is 263 g/mol. The van der Waals surface area contributed by atoms with Crippen LogP contribution in [0.2, 0.25) is 0 Å². The molecule has 0 aliphatic rings. The van der Waals surface area contributed by atoms with Crippen molar-refractivity contribution in [2.45, 2.75) is 6.18 Å². The van der Waals surface area contributed by atoms with Gasteiger partial charge in [0.2, 0.25) is 0 Å². The van der Waals surface area contributed by atoms with Crippen LogP contribution < -0.4 is 15.2 Å². The van der Waals surface area contributed by atoms with Crippen molar-refractivity contribution in [2.75, 3.05) is 20.8 Å². The Labute approximate surface area is 101 Å². The van der Waals surface area contributed by atoms with Gasteiger partial charge >= 0.3 is 6.18 Å². The fourth-order valence-corrected chi connectivity index (χ4v) is 1.52. The van der Waals surface area contributed by atoms with E-state index in [0.29, 0.717) is 0 Å². The van der Waals surface area contributed by atoms with Gasteiger partial charge in [-0.05, 0) is 12.1 Å². The summed E-state index contributed by atoms with van der Waals surface area (Å²) in [5, 5.41) is 0. The minimum absolute atomic E-state index is 0.0372. The van der Waals surface area contributed by atoms with Crippen molar-refractivity contribution in [1.29, 1.82) is 0 Å². The second-order valence-corrected chi connectivity index (χ2v) is 3.35. The van der Waals surface area contributed by atoms with Crippen molar-refractivity contribution >= 4 is 5.78 Å². The molecular weight excluding hydrogens is 251 g/mol. The van der Waals surface area contributed by atoms with Gasteiger partial charge in [0.05, 0.1) is 26.3 Å². The van der Waals surface area contributed by atoms with Crippen LogP contribution in [0, 0.1) is 0 Å². The molecule has 1 rings (SSSR count). The maximum absolute atomic E-state index is 12.7. The van der Waals surface area contributed by atoms with E-state index in [4.69, 9.17) is 15.2 Å². The molecule has 0 amide bonds. The lowest BCUT2D eigenvalue weighted by Gasteiger charge is -2.17. The molecule has 0 aliphatic carbocycles. The molecule has 0 bridgehead atoms. The maximum Gasteiger partial charge on any atom is 0.420 e. The van der Waals surface area contributed by atoms with Gasteiger partial charge in [-0.25, -0.2) is 0 Å². The molecule has 100 valence electrons. The van der Waals surface area contributed by atoms with Crippen LogP contribution in [0.25, 0.3) is 0 Å². The van der Waals surface area contributed by atoms with Gasteiger partial charge in [-0.15, -0.1) is 0 Å². The fourth-order valence-electron chi connectivity index (χ4n) is 1.52. The number of ketones is 1. The predicted molar refractivity (Wildman–Crippen MR) is 57.9 cm³/mol. The smallest absolute Gasteiger partial charge is 0.420 e. The lowest BCUT2D eigenvalue weighted by atomic mass is 10.0. The Morgan fingerprint density at radius 1 is 1.22 bits per heavy atom. The highest BCUT2D eigenvalue weighted by Crippen LogP contribution is 2.43. The van der Waals surface area contributed by atoms with Crippen molar-refractivity contribution in [2.24, 2.45) is 5.73 Å². The van der Waals surface area contributed by atoms with Crippen molar-refractivity contribution in [3.05, 3.63) is 23.3 Å². The van der Waals surface area contributed by atoms with Crippen LogP contribution in [0.3, 0.4) is 0 Å². The summed E-state index contributed by atoms with van der Waals surface area (Å²) in [6, 6.07) is 1.80. The molecule has 2 N–H and O–H groups in total. The molecule has 0 aromatic heterocycles. The second kappa shape index (κ2) is 5.26. The summed E-state index contributed by atoms with van der Waals surface area (Å²) in [7, 11) is 2.23. The normalized spacial score (nSPS) is 11.2. The zero-order valence-electron chi connectivity index (χ0n) is 9.80. The highest BCUT2D eigenvalue weighted by molar-refractivity contribution is 6.01. The fraction of sp³-hybridized carbons (Fsp3) is 0.364. The number of carbonyl (C=O) groups excluding carboxylic acids is 1. The molecule has 18 heavy (non-hydrogen) atoms. The van der Waals surface area contributed by atoms with Gasteiger partial charge in [0.1, 0.15) is 5.56 Å². The summed E-state index contributed by atoms with van der Waals surface area (Å²) < 4.78 is 47.7. The van der Waals surface area contributed by atoms with Crippen LogP contribution >= 0.6 is 0 Å². The Hall–Kier alpha value is -1.76. The largest absolute Gasteiger partial charge is 0.492 e. The van der Waals surface area contributed by atoms with E-state index in [0.717, 1.165) is 26.4 Å². The number of halogens is 3. The van der Waals surface area contributed by atoms with Crippen LogP contribution in [0.15, 0.2) is 12.1 Å². The van der Waals surface area contributed by atoms with Crippen LogP contribution in [-0.4, -0.2) is 26.5 Å². The number of ether oxygens (including phenoxy) is 2. The van der Waals surface area contributed by atoms with E-state index >= 15 is 0 Å². The lowest BCUT2D eigenvalue weighted by Crippen LogP contribution is -2.16. The number of rotatable bonds is 4. The zero-order chi connectivity index (χ0) is 13.9. The Bertz CT molecular complexity index is 458. The number of methoxy groups -OCH3 is 2. The third kappa shape index (κ3) is 2.56. The number of hydrogen-bond acceptors (Lipinski definition) is 4. The van der Waals surface area contributed by atoms with Crippen molar-refractivity contribution < 1.29 is 27.4 Å². The number of carbonyl (C=O) groups is 1. The molecule has 0 saturated heterocycles. The van der Waals surface area contributed by atoms with Gasteiger partial charge < -0.3 is 15.2 Å². The van der Waals surface area contributed by atoms with Gasteiger partial charge in [-0.2, -0.15) is 13.2 Å². The topological polar surface area (TPSA) is 61.5 Å². The van der Waals surface area contributed by atoms with E-state index in [-0.39, 0.29) is 17.9 Å². The molecule has 0 aliphatic heterocycles. The number of nitrogens with two attached hydrogens (primary N) is 1. The molecule has 1 aromatic rings. The molecule has 0 saturated carbocycles. The highest BCUT2D eigenvalue weighted by Gasteiger charge is 2.37. The quantitative estimate of drug-likeness (QED) is 0.842. The van der Waals surface area contributed by atoms with Crippen molar-refractivity contribution in [3.63, 3.8) is 0 Å². The van der Waals surface area contributed by atoms with E-state index in [2.05, 4.69) is 0 Å². The summed E-state index contributed by atoms with van der Waals surface area (Å²) in [4.78, 5) is 11.5.